The number of nitrogens with zero attached hydrogens (tertiary/aromatic N) is 1. The molecule has 0 atom stereocenters. The molecular formula is C17H14F2N2O3S. The van der Waals surface area contributed by atoms with Crippen LogP contribution < -0.4 is 4.72 Å². The molecule has 1 N–H and O–H groups in total. The van der Waals surface area contributed by atoms with Crippen LogP contribution in [0.2, 0.25) is 0 Å². The maximum absolute atomic E-state index is 13.7. The van der Waals surface area contributed by atoms with Gasteiger partial charge < -0.3 is 4.42 Å². The van der Waals surface area contributed by atoms with Crippen molar-refractivity contribution in [2.45, 2.75) is 18.7 Å². The molecule has 0 saturated heterocycles. The first-order valence-corrected chi connectivity index (χ1v) is 8.76. The first-order valence-electron chi connectivity index (χ1n) is 7.27. The maximum Gasteiger partial charge on any atom is 0.262 e. The molecule has 0 bridgehead atoms. The molecule has 0 fully saturated rings. The van der Waals surface area contributed by atoms with E-state index in [9.17, 15) is 17.2 Å². The molecule has 2 aromatic carbocycles. The lowest BCUT2D eigenvalue weighted by molar-refractivity contribution is 0.534. The molecule has 130 valence electrons. The topological polar surface area (TPSA) is 72.2 Å². The van der Waals surface area contributed by atoms with Gasteiger partial charge in [-0.3, -0.25) is 4.72 Å². The van der Waals surface area contributed by atoms with Crippen LogP contribution in [0.15, 0.2) is 51.9 Å². The number of aromatic nitrogens is 1. The van der Waals surface area contributed by atoms with Crippen molar-refractivity contribution in [1.82, 2.24) is 4.98 Å². The van der Waals surface area contributed by atoms with Crippen LogP contribution in [-0.4, -0.2) is 13.4 Å². The summed E-state index contributed by atoms with van der Waals surface area (Å²) in [5.74, 6) is -0.767. The van der Waals surface area contributed by atoms with Crippen molar-refractivity contribution < 1.29 is 21.6 Å². The average molecular weight is 364 g/mol. The van der Waals surface area contributed by atoms with E-state index in [4.69, 9.17) is 4.42 Å². The van der Waals surface area contributed by atoms with Gasteiger partial charge in [0.05, 0.1) is 16.8 Å². The Morgan fingerprint density at radius 1 is 1.08 bits per heavy atom. The molecule has 0 radical (unpaired) electrons. The molecule has 0 aliphatic carbocycles. The number of hydrogen-bond acceptors (Lipinski definition) is 4. The molecule has 8 heteroatoms. The monoisotopic (exact) mass is 364 g/mol. The van der Waals surface area contributed by atoms with Gasteiger partial charge >= 0.3 is 0 Å². The summed E-state index contributed by atoms with van der Waals surface area (Å²) in [6.45, 7) is 3.27. The van der Waals surface area contributed by atoms with Crippen molar-refractivity contribution >= 4 is 15.7 Å². The van der Waals surface area contributed by atoms with Crippen LogP contribution in [0.1, 0.15) is 11.5 Å². The lowest BCUT2D eigenvalue weighted by atomic mass is 10.1. The van der Waals surface area contributed by atoms with E-state index in [1.165, 1.54) is 12.3 Å². The highest BCUT2D eigenvalue weighted by molar-refractivity contribution is 7.92. The number of halogens is 2. The summed E-state index contributed by atoms with van der Waals surface area (Å²) in [7, 11) is -4.13. The number of rotatable bonds is 4. The third-order valence-electron chi connectivity index (χ3n) is 3.56. The molecule has 3 aromatic rings. The second-order valence-corrected chi connectivity index (χ2v) is 7.10. The SMILES string of the molecule is Cc1ncc(-c2ccc(C)c(S(=O)(=O)Nc3cc(F)ccc3F)c2)o1. The van der Waals surface area contributed by atoms with E-state index in [1.54, 1.807) is 26.0 Å². The van der Waals surface area contributed by atoms with Crippen LogP contribution in [0.3, 0.4) is 0 Å². The summed E-state index contributed by atoms with van der Waals surface area (Å²) in [5, 5.41) is 0. The van der Waals surface area contributed by atoms with Gasteiger partial charge in [0.1, 0.15) is 11.6 Å². The van der Waals surface area contributed by atoms with Crippen molar-refractivity contribution in [1.29, 1.82) is 0 Å². The molecule has 0 aliphatic rings. The quantitative estimate of drug-likeness (QED) is 0.758. The van der Waals surface area contributed by atoms with Crippen molar-refractivity contribution in [3.8, 4) is 11.3 Å². The van der Waals surface area contributed by atoms with Gasteiger partial charge in [0.15, 0.2) is 11.7 Å². The summed E-state index contributed by atoms with van der Waals surface area (Å²) in [6, 6.07) is 7.24. The Morgan fingerprint density at radius 3 is 2.52 bits per heavy atom. The van der Waals surface area contributed by atoms with Crippen molar-refractivity contribution in [2.75, 3.05) is 4.72 Å². The van der Waals surface area contributed by atoms with Gasteiger partial charge in [0, 0.05) is 18.6 Å². The van der Waals surface area contributed by atoms with Crippen LogP contribution in [0, 0.1) is 25.5 Å². The molecular weight excluding hydrogens is 350 g/mol. The predicted octanol–water partition coefficient (Wildman–Crippen LogP) is 4.04. The van der Waals surface area contributed by atoms with E-state index in [0.29, 0.717) is 22.8 Å². The summed E-state index contributed by atoms with van der Waals surface area (Å²) in [5.41, 5.74) is 0.496. The van der Waals surface area contributed by atoms with Gasteiger partial charge in [-0.05, 0) is 30.7 Å². The van der Waals surface area contributed by atoms with Crippen molar-refractivity contribution in [3.05, 3.63) is 65.7 Å². The zero-order valence-corrected chi connectivity index (χ0v) is 14.2. The third kappa shape index (κ3) is 3.53. The van der Waals surface area contributed by atoms with E-state index in [0.717, 1.165) is 18.2 Å². The smallest absolute Gasteiger partial charge is 0.262 e. The van der Waals surface area contributed by atoms with E-state index >= 15 is 0 Å². The highest BCUT2D eigenvalue weighted by Gasteiger charge is 2.20. The van der Waals surface area contributed by atoms with Crippen LogP contribution >= 0.6 is 0 Å². The van der Waals surface area contributed by atoms with Crippen molar-refractivity contribution in [2.24, 2.45) is 0 Å². The second-order valence-electron chi connectivity index (χ2n) is 5.45. The van der Waals surface area contributed by atoms with Gasteiger partial charge in [-0.15, -0.1) is 0 Å². The fourth-order valence-corrected chi connectivity index (χ4v) is 3.64. The second kappa shape index (κ2) is 6.29. The standard InChI is InChI=1S/C17H14F2N2O3S/c1-10-3-4-12(16-9-20-11(2)24-16)7-17(10)25(22,23)21-15-8-13(18)5-6-14(15)19/h3-9,21H,1-2H3. The summed E-state index contributed by atoms with van der Waals surface area (Å²) < 4.78 is 59.7. The summed E-state index contributed by atoms with van der Waals surface area (Å²) in [6.07, 6.45) is 1.48. The molecule has 1 heterocycles. The number of aryl methyl sites for hydroxylation is 2. The van der Waals surface area contributed by atoms with Gasteiger partial charge in [-0.1, -0.05) is 12.1 Å². The number of nitrogens with one attached hydrogen (secondary N) is 1. The zero-order valence-electron chi connectivity index (χ0n) is 13.4. The average Bonchev–Trinajstić information content (AvgIpc) is 2.97. The Balaban J connectivity index is 2.03. The molecule has 5 nitrogen and oxygen atoms in total. The Bertz CT molecular complexity index is 1050. The minimum atomic E-state index is -4.13. The van der Waals surface area contributed by atoms with Gasteiger partial charge in [-0.25, -0.2) is 22.2 Å². The maximum atomic E-state index is 13.7. The van der Waals surface area contributed by atoms with E-state index in [1.807, 2.05) is 0 Å². The fraction of sp³-hybridized carbons (Fsp3) is 0.118. The van der Waals surface area contributed by atoms with Crippen LogP contribution in [-0.2, 0) is 10.0 Å². The lowest BCUT2D eigenvalue weighted by Gasteiger charge is -2.12. The Kier molecular flexibility index (Phi) is 4.30. The zero-order chi connectivity index (χ0) is 18.2. The molecule has 0 aliphatic heterocycles. The summed E-state index contributed by atoms with van der Waals surface area (Å²) >= 11 is 0. The highest BCUT2D eigenvalue weighted by atomic mass is 32.2. The van der Waals surface area contributed by atoms with Crippen molar-refractivity contribution in [3.63, 3.8) is 0 Å². The molecule has 25 heavy (non-hydrogen) atoms. The molecule has 1 aromatic heterocycles. The number of anilines is 1. The fourth-order valence-electron chi connectivity index (χ4n) is 2.31. The minimum absolute atomic E-state index is 0.0669. The van der Waals surface area contributed by atoms with Gasteiger partial charge in [0.25, 0.3) is 10.0 Å². The first kappa shape index (κ1) is 17.1. The molecule has 0 unspecified atom stereocenters. The first-order chi connectivity index (χ1) is 11.8. The van der Waals surface area contributed by atoms with Gasteiger partial charge in [0.2, 0.25) is 0 Å². The Morgan fingerprint density at radius 2 is 1.84 bits per heavy atom. The molecule has 0 amide bonds. The predicted molar refractivity (Wildman–Crippen MR) is 88.6 cm³/mol. The molecule has 0 spiro atoms. The Hall–Kier alpha value is -2.74. The molecule has 0 saturated carbocycles. The molecule has 3 rings (SSSR count). The third-order valence-corrected chi connectivity index (χ3v) is 5.06. The lowest BCUT2D eigenvalue weighted by Crippen LogP contribution is -2.15. The normalized spacial score (nSPS) is 11.5. The van der Waals surface area contributed by atoms with E-state index in [2.05, 4.69) is 9.71 Å². The van der Waals surface area contributed by atoms with Gasteiger partial charge in [-0.2, -0.15) is 0 Å². The van der Waals surface area contributed by atoms with Crippen LogP contribution in [0.4, 0.5) is 14.5 Å². The largest absolute Gasteiger partial charge is 0.441 e. The number of hydrogen-bond donors (Lipinski definition) is 1. The summed E-state index contributed by atoms with van der Waals surface area (Å²) in [4.78, 5) is 3.91. The van der Waals surface area contributed by atoms with E-state index < -0.39 is 27.3 Å². The van der Waals surface area contributed by atoms with Crippen LogP contribution in [0.5, 0.6) is 0 Å². The van der Waals surface area contributed by atoms with E-state index in [-0.39, 0.29) is 4.90 Å². The number of benzene rings is 2. The Labute approximate surface area is 143 Å². The number of sulfonamides is 1. The number of oxazole rings is 1. The minimum Gasteiger partial charge on any atom is -0.441 e. The van der Waals surface area contributed by atoms with Crippen LogP contribution in [0.25, 0.3) is 11.3 Å². The highest BCUT2D eigenvalue weighted by Crippen LogP contribution is 2.27.